The average molecular weight is 357 g/mol. The molecule has 0 atom stereocenters. The minimum Gasteiger partial charge on any atom is -0.322 e. The lowest BCUT2D eigenvalue weighted by molar-refractivity contribution is -0.117. The highest BCUT2D eigenvalue weighted by atomic mass is 19.1. The van der Waals surface area contributed by atoms with Gasteiger partial charge in [-0.15, -0.1) is 0 Å². The Morgan fingerprint density at radius 3 is 2.81 bits per heavy atom. The summed E-state index contributed by atoms with van der Waals surface area (Å²) in [5.74, 6) is -0.436. The van der Waals surface area contributed by atoms with Gasteiger partial charge in [-0.3, -0.25) is 19.0 Å². The van der Waals surface area contributed by atoms with Crippen LogP contribution in [0.3, 0.4) is 0 Å². The van der Waals surface area contributed by atoms with E-state index in [1.54, 1.807) is 4.40 Å². The average Bonchev–Trinajstić information content (AvgIpc) is 3.04. The van der Waals surface area contributed by atoms with Gasteiger partial charge in [-0.1, -0.05) is 20.8 Å². The molecule has 7 nitrogen and oxygen atoms in total. The fourth-order valence-corrected chi connectivity index (χ4v) is 2.72. The molecule has 0 fully saturated rings. The molecule has 3 aromatic rings. The number of anilines is 1. The third-order valence-electron chi connectivity index (χ3n) is 4.06. The van der Waals surface area contributed by atoms with Crippen molar-refractivity contribution in [3.05, 3.63) is 58.3 Å². The number of amides is 1. The van der Waals surface area contributed by atoms with Crippen molar-refractivity contribution in [2.45, 2.75) is 39.7 Å². The molecule has 0 spiro atoms. The summed E-state index contributed by atoms with van der Waals surface area (Å²) in [6.07, 6.45) is 5.07. The molecule has 0 saturated heterocycles. The van der Waals surface area contributed by atoms with E-state index in [1.165, 1.54) is 12.3 Å². The lowest BCUT2D eigenvalue weighted by atomic mass is 10.2. The van der Waals surface area contributed by atoms with Crippen LogP contribution in [0.4, 0.5) is 10.1 Å². The van der Waals surface area contributed by atoms with E-state index in [0.717, 1.165) is 22.9 Å². The summed E-state index contributed by atoms with van der Waals surface area (Å²) in [6, 6.07) is 3.17. The van der Waals surface area contributed by atoms with E-state index >= 15 is 0 Å². The summed E-state index contributed by atoms with van der Waals surface area (Å²) in [5, 5.41) is 6.79. The zero-order valence-electron chi connectivity index (χ0n) is 14.9. The molecular weight excluding hydrogens is 337 g/mol. The maximum absolute atomic E-state index is 13.6. The van der Waals surface area contributed by atoms with Crippen molar-refractivity contribution in [2.75, 3.05) is 5.32 Å². The van der Waals surface area contributed by atoms with Gasteiger partial charge in [-0.25, -0.2) is 9.07 Å². The third-order valence-corrected chi connectivity index (χ3v) is 4.06. The van der Waals surface area contributed by atoms with Crippen molar-refractivity contribution in [2.24, 2.45) is 0 Å². The van der Waals surface area contributed by atoms with Gasteiger partial charge in [0, 0.05) is 18.3 Å². The molecule has 8 heteroatoms. The van der Waals surface area contributed by atoms with Crippen LogP contribution in [0.5, 0.6) is 0 Å². The fraction of sp³-hybridized carbons (Fsp3) is 0.333. The van der Waals surface area contributed by atoms with E-state index in [0.29, 0.717) is 11.3 Å². The van der Waals surface area contributed by atoms with Gasteiger partial charge in [0.05, 0.1) is 11.9 Å². The van der Waals surface area contributed by atoms with E-state index < -0.39 is 11.7 Å². The van der Waals surface area contributed by atoms with Crippen LogP contribution in [0.1, 0.15) is 38.1 Å². The second-order valence-corrected chi connectivity index (χ2v) is 6.34. The molecule has 3 aromatic heterocycles. The number of carbonyl (C=O) groups is 1. The van der Waals surface area contributed by atoms with E-state index in [2.05, 4.69) is 15.4 Å². The highest BCUT2D eigenvalue weighted by Crippen LogP contribution is 2.16. The number of pyridine rings is 1. The Morgan fingerprint density at radius 2 is 2.15 bits per heavy atom. The van der Waals surface area contributed by atoms with Crippen LogP contribution in [0.25, 0.3) is 5.52 Å². The quantitative estimate of drug-likeness (QED) is 0.760. The Morgan fingerprint density at radius 1 is 1.38 bits per heavy atom. The predicted octanol–water partition coefficient (Wildman–Crippen LogP) is 2.35. The summed E-state index contributed by atoms with van der Waals surface area (Å²) in [7, 11) is 0. The van der Waals surface area contributed by atoms with Gasteiger partial charge in [0.15, 0.2) is 5.82 Å². The van der Waals surface area contributed by atoms with E-state index in [-0.39, 0.29) is 23.7 Å². The molecular formula is C18H20FN5O2. The molecule has 0 aliphatic heterocycles. The van der Waals surface area contributed by atoms with Crippen LogP contribution in [0.15, 0.2) is 35.5 Å². The second-order valence-electron chi connectivity index (χ2n) is 6.34. The summed E-state index contributed by atoms with van der Waals surface area (Å²) in [4.78, 5) is 28.6. The lowest BCUT2D eigenvalue weighted by Gasteiger charge is -2.12. The smallest absolute Gasteiger partial charge is 0.291 e. The van der Waals surface area contributed by atoms with Crippen molar-refractivity contribution < 1.29 is 9.18 Å². The summed E-state index contributed by atoms with van der Waals surface area (Å²) >= 11 is 0. The molecule has 0 bridgehead atoms. The minimum atomic E-state index is -0.640. The predicted molar refractivity (Wildman–Crippen MR) is 95.7 cm³/mol. The molecule has 3 rings (SSSR count). The number of nitrogens with zero attached hydrogens (tertiary/aromatic N) is 4. The number of hydrogen-bond donors (Lipinski definition) is 1. The molecule has 0 aliphatic rings. The van der Waals surface area contributed by atoms with Crippen LogP contribution >= 0.6 is 0 Å². The first kappa shape index (κ1) is 17.8. The molecule has 0 aliphatic carbocycles. The number of aromatic nitrogens is 4. The summed E-state index contributed by atoms with van der Waals surface area (Å²) in [5.41, 5.74) is 1.15. The van der Waals surface area contributed by atoms with Crippen molar-refractivity contribution in [3.8, 4) is 0 Å². The van der Waals surface area contributed by atoms with E-state index in [1.807, 2.05) is 33.0 Å². The zero-order valence-corrected chi connectivity index (χ0v) is 14.9. The standard InChI is InChI=1S/C18H20FN5O2/c1-4-12-7-15-18(26)24(22-17(11(2)3)23(15)9-12)10-16(25)21-14-5-6-20-8-13(14)19/h5-9,11H,4,10H2,1-3H3,(H,20,21,25). The topological polar surface area (TPSA) is 81.3 Å². The Kier molecular flexibility index (Phi) is 4.83. The van der Waals surface area contributed by atoms with Gasteiger partial charge >= 0.3 is 0 Å². The Labute approximate surface area is 149 Å². The SMILES string of the molecule is CCc1cc2c(=O)n(CC(=O)Nc3ccncc3F)nc(C(C)C)n2c1. The van der Waals surface area contributed by atoms with Crippen LogP contribution in [0, 0.1) is 5.82 Å². The first-order chi connectivity index (χ1) is 12.4. The molecule has 0 radical (unpaired) electrons. The highest BCUT2D eigenvalue weighted by molar-refractivity contribution is 5.90. The number of halogens is 1. The third kappa shape index (κ3) is 3.35. The van der Waals surface area contributed by atoms with Crippen LogP contribution in [-0.4, -0.2) is 25.1 Å². The molecule has 3 heterocycles. The molecule has 1 amide bonds. The number of carbonyl (C=O) groups excluding carboxylic acids is 1. The lowest BCUT2D eigenvalue weighted by Crippen LogP contribution is -2.32. The first-order valence-electron chi connectivity index (χ1n) is 8.42. The van der Waals surface area contributed by atoms with Gasteiger partial charge in [0.25, 0.3) is 5.56 Å². The second kappa shape index (κ2) is 7.07. The summed E-state index contributed by atoms with van der Waals surface area (Å²) in [6.45, 7) is 5.64. The van der Waals surface area contributed by atoms with Crippen LogP contribution < -0.4 is 10.9 Å². The number of hydrogen-bond acceptors (Lipinski definition) is 4. The number of rotatable bonds is 5. The molecule has 0 aromatic carbocycles. The first-order valence-corrected chi connectivity index (χ1v) is 8.42. The molecule has 136 valence electrons. The van der Waals surface area contributed by atoms with Gasteiger partial charge in [-0.2, -0.15) is 5.10 Å². The van der Waals surface area contributed by atoms with Crippen molar-refractivity contribution in [1.82, 2.24) is 19.2 Å². The highest BCUT2D eigenvalue weighted by Gasteiger charge is 2.16. The van der Waals surface area contributed by atoms with Gasteiger partial charge in [0.1, 0.15) is 17.9 Å². The van der Waals surface area contributed by atoms with Gasteiger partial charge in [0.2, 0.25) is 5.91 Å². The molecule has 0 saturated carbocycles. The van der Waals surface area contributed by atoms with Crippen LogP contribution in [-0.2, 0) is 17.8 Å². The molecule has 0 unspecified atom stereocenters. The molecule has 26 heavy (non-hydrogen) atoms. The maximum Gasteiger partial charge on any atom is 0.291 e. The Balaban J connectivity index is 1.97. The van der Waals surface area contributed by atoms with Gasteiger partial charge in [-0.05, 0) is 24.1 Å². The van der Waals surface area contributed by atoms with Gasteiger partial charge < -0.3 is 5.32 Å². The van der Waals surface area contributed by atoms with Crippen molar-refractivity contribution in [3.63, 3.8) is 0 Å². The number of nitrogens with one attached hydrogen (secondary N) is 1. The maximum atomic E-state index is 13.6. The monoisotopic (exact) mass is 357 g/mol. The summed E-state index contributed by atoms with van der Waals surface area (Å²) < 4.78 is 16.5. The minimum absolute atomic E-state index is 0.0131. The zero-order chi connectivity index (χ0) is 18.8. The normalized spacial score (nSPS) is 11.3. The van der Waals surface area contributed by atoms with Crippen LogP contribution in [0.2, 0.25) is 0 Å². The Bertz CT molecular complexity index is 1020. The van der Waals surface area contributed by atoms with E-state index in [4.69, 9.17) is 0 Å². The van der Waals surface area contributed by atoms with Crippen molar-refractivity contribution >= 4 is 17.1 Å². The number of aryl methyl sites for hydroxylation is 1. The fourth-order valence-electron chi connectivity index (χ4n) is 2.72. The van der Waals surface area contributed by atoms with E-state index in [9.17, 15) is 14.0 Å². The van der Waals surface area contributed by atoms with Crippen molar-refractivity contribution in [1.29, 1.82) is 0 Å². The number of fused-ring (bicyclic) bond motifs is 1. The Hall–Kier alpha value is -3.03. The largest absolute Gasteiger partial charge is 0.322 e. The molecule has 1 N–H and O–H groups in total.